The topological polar surface area (TPSA) is 50.4 Å². The number of fused-ring (bicyclic) bond motifs is 1. The Balaban J connectivity index is 0.00000120. The molecule has 1 aliphatic heterocycles. The highest BCUT2D eigenvalue weighted by Crippen LogP contribution is 2.41. The highest BCUT2D eigenvalue weighted by atomic mass is 35.5. The fraction of sp³-hybridized carbons (Fsp3) is 0.462. The maximum absolute atomic E-state index is 11.6. The van der Waals surface area contributed by atoms with Gasteiger partial charge < -0.3 is 15.4 Å². The Kier molecular flexibility index (Phi) is 4.09. The van der Waals surface area contributed by atoms with Gasteiger partial charge in [0.1, 0.15) is 5.75 Å². The maximum Gasteiger partial charge on any atom is 0.258 e. The van der Waals surface area contributed by atoms with E-state index < -0.39 is 0 Å². The van der Waals surface area contributed by atoms with Crippen molar-refractivity contribution < 1.29 is 9.53 Å². The summed E-state index contributed by atoms with van der Waals surface area (Å²) in [5, 5.41) is 6.32. The molecular weight excluding hydrogens is 252 g/mol. The van der Waals surface area contributed by atoms with E-state index in [2.05, 4.69) is 10.6 Å². The number of hydrogen-bond acceptors (Lipinski definition) is 3. The molecule has 0 spiro atoms. The van der Waals surface area contributed by atoms with Crippen LogP contribution in [0.25, 0.3) is 0 Å². The Morgan fingerprint density at radius 2 is 1.94 bits per heavy atom. The maximum atomic E-state index is 11.6. The third kappa shape index (κ3) is 2.76. The summed E-state index contributed by atoms with van der Waals surface area (Å²) in [5.41, 5.74) is 0. The Hall–Kier alpha value is -1.26. The van der Waals surface area contributed by atoms with Crippen LogP contribution in [0.4, 0.5) is 0 Å². The standard InChI is InChI=1S/C13H16N2O2.ClH/c16-12(8-17-9-4-2-1-3-5-9)15-13-10-6-14-7-11(10)13;/h1-5,10-11,13-14H,6-8H2,(H,15,16);1H. The molecule has 1 saturated heterocycles. The number of piperidine rings is 1. The molecule has 98 valence electrons. The minimum absolute atomic E-state index is 0. The molecule has 1 amide bonds. The van der Waals surface area contributed by atoms with Crippen LogP contribution >= 0.6 is 12.4 Å². The molecule has 0 radical (unpaired) electrons. The molecule has 3 rings (SSSR count). The van der Waals surface area contributed by atoms with Crippen molar-refractivity contribution >= 4 is 18.3 Å². The zero-order valence-corrected chi connectivity index (χ0v) is 10.8. The highest BCUT2D eigenvalue weighted by molar-refractivity contribution is 5.85. The third-order valence-electron chi connectivity index (χ3n) is 3.53. The summed E-state index contributed by atoms with van der Waals surface area (Å²) >= 11 is 0. The van der Waals surface area contributed by atoms with Crippen molar-refractivity contribution in [3.05, 3.63) is 30.3 Å². The van der Waals surface area contributed by atoms with E-state index in [4.69, 9.17) is 4.74 Å². The molecule has 18 heavy (non-hydrogen) atoms. The van der Waals surface area contributed by atoms with Crippen LogP contribution in [0.3, 0.4) is 0 Å². The van der Waals surface area contributed by atoms with Gasteiger partial charge >= 0.3 is 0 Å². The average Bonchev–Trinajstić information content (AvgIpc) is 2.79. The van der Waals surface area contributed by atoms with Gasteiger partial charge in [-0.1, -0.05) is 18.2 Å². The van der Waals surface area contributed by atoms with Gasteiger partial charge in [-0.25, -0.2) is 0 Å². The molecule has 2 fully saturated rings. The number of rotatable bonds is 4. The van der Waals surface area contributed by atoms with Gasteiger partial charge in [0.2, 0.25) is 0 Å². The Morgan fingerprint density at radius 1 is 1.28 bits per heavy atom. The van der Waals surface area contributed by atoms with Crippen LogP contribution in [0.1, 0.15) is 0 Å². The second-order valence-corrected chi connectivity index (χ2v) is 4.68. The average molecular weight is 269 g/mol. The summed E-state index contributed by atoms with van der Waals surface area (Å²) in [5.74, 6) is 2.01. The van der Waals surface area contributed by atoms with Gasteiger partial charge in [0.05, 0.1) is 0 Å². The lowest BCUT2D eigenvalue weighted by Gasteiger charge is -2.09. The number of hydrogen-bond donors (Lipinski definition) is 2. The van der Waals surface area contributed by atoms with Gasteiger partial charge in [-0.2, -0.15) is 0 Å². The van der Waals surface area contributed by atoms with Gasteiger partial charge in [0.25, 0.3) is 5.91 Å². The van der Waals surface area contributed by atoms with Crippen LogP contribution in [0.2, 0.25) is 0 Å². The lowest BCUT2D eigenvalue weighted by molar-refractivity contribution is -0.123. The number of ether oxygens (including phenoxy) is 1. The highest BCUT2D eigenvalue weighted by Gasteiger charge is 2.53. The Morgan fingerprint density at radius 3 is 2.61 bits per heavy atom. The molecule has 0 aromatic heterocycles. The number of para-hydroxylation sites is 1. The van der Waals surface area contributed by atoms with Crippen molar-refractivity contribution in [2.75, 3.05) is 19.7 Å². The van der Waals surface area contributed by atoms with Crippen LogP contribution in [0.15, 0.2) is 30.3 Å². The summed E-state index contributed by atoms with van der Waals surface area (Å²) in [7, 11) is 0. The molecule has 1 aliphatic carbocycles. The number of halogens is 1. The number of benzene rings is 1. The monoisotopic (exact) mass is 268 g/mol. The van der Waals surface area contributed by atoms with Gasteiger partial charge in [-0.05, 0) is 24.0 Å². The predicted molar refractivity (Wildman–Crippen MR) is 71.0 cm³/mol. The molecule has 1 heterocycles. The van der Waals surface area contributed by atoms with E-state index in [0.717, 1.165) is 18.8 Å². The molecule has 2 aliphatic rings. The van der Waals surface area contributed by atoms with E-state index in [9.17, 15) is 4.79 Å². The van der Waals surface area contributed by atoms with Crippen LogP contribution < -0.4 is 15.4 Å². The van der Waals surface area contributed by atoms with Crippen LogP contribution in [-0.4, -0.2) is 31.6 Å². The molecule has 1 aromatic rings. The Bertz CT molecular complexity index is 403. The van der Waals surface area contributed by atoms with Gasteiger partial charge in [0, 0.05) is 19.1 Å². The predicted octanol–water partition coefficient (Wildman–Crippen LogP) is 0.821. The second kappa shape index (κ2) is 5.59. The summed E-state index contributed by atoms with van der Waals surface area (Å²) in [4.78, 5) is 11.6. The minimum Gasteiger partial charge on any atom is -0.484 e. The SMILES string of the molecule is Cl.O=C(COc1ccccc1)NC1C2CNCC21. The number of carbonyl (C=O) groups excluding carboxylic acids is 1. The molecule has 5 heteroatoms. The van der Waals surface area contributed by atoms with Crippen molar-refractivity contribution in [1.29, 1.82) is 0 Å². The molecule has 1 saturated carbocycles. The Labute approximate surface area is 113 Å². The third-order valence-corrected chi connectivity index (χ3v) is 3.53. The van der Waals surface area contributed by atoms with E-state index in [1.807, 2.05) is 30.3 Å². The van der Waals surface area contributed by atoms with Gasteiger partial charge in [0.15, 0.2) is 6.61 Å². The molecule has 2 unspecified atom stereocenters. The van der Waals surface area contributed by atoms with E-state index >= 15 is 0 Å². The lowest BCUT2D eigenvalue weighted by atomic mass is 10.3. The van der Waals surface area contributed by atoms with Crippen molar-refractivity contribution in [1.82, 2.24) is 10.6 Å². The largest absolute Gasteiger partial charge is 0.484 e. The number of nitrogens with one attached hydrogen (secondary N) is 2. The first-order chi connectivity index (χ1) is 8.34. The zero-order valence-electron chi connectivity index (χ0n) is 9.96. The van der Waals surface area contributed by atoms with E-state index in [1.165, 1.54) is 0 Å². The quantitative estimate of drug-likeness (QED) is 0.850. The molecule has 1 aromatic carbocycles. The first-order valence-electron chi connectivity index (χ1n) is 6.02. The van der Waals surface area contributed by atoms with Crippen LogP contribution in [-0.2, 0) is 4.79 Å². The van der Waals surface area contributed by atoms with Crippen molar-refractivity contribution in [2.45, 2.75) is 6.04 Å². The van der Waals surface area contributed by atoms with Gasteiger partial charge in [-0.3, -0.25) is 4.79 Å². The second-order valence-electron chi connectivity index (χ2n) is 4.68. The van der Waals surface area contributed by atoms with Gasteiger partial charge in [-0.15, -0.1) is 12.4 Å². The molecule has 2 N–H and O–H groups in total. The fourth-order valence-electron chi connectivity index (χ4n) is 2.53. The summed E-state index contributed by atoms with van der Waals surface area (Å²) in [6.07, 6.45) is 0. The normalized spacial score (nSPS) is 27.9. The molecule has 4 nitrogen and oxygen atoms in total. The minimum atomic E-state index is -0.0201. The van der Waals surface area contributed by atoms with E-state index in [-0.39, 0.29) is 24.9 Å². The van der Waals surface area contributed by atoms with Crippen LogP contribution in [0, 0.1) is 11.8 Å². The van der Waals surface area contributed by atoms with Crippen molar-refractivity contribution in [3.63, 3.8) is 0 Å². The summed E-state index contributed by atoms with van der Waals surface area (Å²) in [6, 6.07) is 9.79. The van der Waals surface area contributed by atoms with Crippen LogP contribution in [0.5, 0.6) is 5.75 Å². The first kappa shape index (κ1) is 13.2. The first-order valence-corrected chi connectivity index (χ1v) is 6.02. The molecule has 2 atom stereocenters. The van der Waals surface area contributed by atoms with E-state index in [1.54, 1.807) is 0 Å². The van der Waals surface area contributed by atoms with E-state index in [0.29, 0.717) is 17.9 Å². The van der Waals surface area contributed by atoms with Crippen molar-refractivity contribution in [2.24, 2.45) is 11.8 Å². The fourth-order valence-corrected chi connectivity index (χ4v) is 2.53. The molecule has 0 bridgehead atoms. The smallest absolute Gasteiger partial charge is 0.258 e. The molecular formula is C13H17ClN2O2. The summed E-state index contributed by atoms with van der Waals surface area (Å²) in [6.45, 7) is 2.18. The number of carbonyl (C=O) groups is 1. The van der Waals surface area contributed by atoms with Crippen molar-refractivity contribution in [3.8, 4) is 5.75 Å². The lowest BCUT2D eigenvalue weighted by Crippen LogP contribution is -2.35. The summed E-state index contributed by atoms with van der Waals surface area (Å²) < 4.78 is 5.39. The number of amides is 1. The zero-order chi connectivity index (χ0) is 11.7.